The number of ether oxygens (including phenoxy) is 1. The zero-order valence-corrected chi connectivity index (χ0v) is 18.6. The summed E-state index contributed by atoms with van der Waals surface area (Å²) in [6, 6.07) is 13.8. The van der Waals surface area contributed by atoms with Crippen molar-refractivity contribution < 1.29 is 9.53 Å². The van der Waals surface area contributed by atoms with Crippen LogP contribution in [0, 0.1) is 0 Å². The highest BCUT2D eigenvalue weighted by molar-refractivity contribution is 6.30. The largest absolute Gasteiger partial charge is 0.487 e. The van der Waals surface area contributed by atoms with Crippen LogP contribution in [-0.4, -0.2) is 16.2 Å². The predicted octanol–water partition coefficient (Wildman–Crippen LogP) is 5.40. The predicted molar refractivity (Wildman–Crippen MR) is 124 cm³/mol. The Morgan fingerprint density at radius 3 is 2.71 bits per heavy atom. The Morgan fingerprint density at radius 1 is 1.19 bits per heavy atom. The first kappa shape index (κ1) is 21.2. The molecule has 2 aromatic carbocycles. The fraction of sp³-hybridized carbons (Fsp3) is 0.333. The van der Waals surface area contributed by atoms with Crippen LogP contribution in [0.2, 0.25) is 5.02 Å². The molecule has 0 fully saturated rings. The molecule has 1 aromatic heterocycles. The van der Waals surface area contributed by atoms with Crippen LogP contribution >= 0.6 is 11.6 Å². The molecule has 2 heterocycles. The average molecular weight is 440 g/mol. The average Bonchev–Trinajstić information content (AvgIpc) is 2.76. The molecule has 1 aliphatic heterocycles. The molecule has 0 unspecified atom stereocenters. The second kappa shape index (κ2) is 8.27. The third kappa shape index (κ3) is 4.00. The van der Waals surface area contributed by atoms with Crippen molar-refractivity contribution >= 4 is 34.2 Å². The Morgan fingerprint density at radius 2 is 1.97 bits per heavy atom. The lowest BCUT2D eigenvalue weighted by Crippen LogP contribution is -2.45. The first-order valence-electron chi connectivity index (χ1n) is 10.5. The maximum Gasteiger partial charge on any atom is 0.319 e. The molecular weight excluding hydrogens is 414 g/mol. The summed E-state index contributed by atoms with van der Waals surface area (Å²) in [4.78, 5) is 24.9. The number of rotatable bonds is 4. The van der Waals surface area contributed by atoms with Gasteiger partial charge in [-0.3, -0.25) is 4.79 Å². The van der Waals surface area contributed by atoms with E-state index in [-0.39, 0.29) is 23.2 Å². The number of halogens is 1. The Kier molecular flexibility index (Phi) is 5.67. The van der Waals surface area contributed by atoms with Crippen LogP contribution in [0.3, 0.4) is 0 Å². The number of hydrogen-bond acceptors (Lipinski definition) is 3. The van der Waals surface area contributed by atoms with Crippen LogP contribution in [0.15, 0.2) is 53.3 Å². The van der Waals surface area contributed by atoms with Crippen molar-refractivity contribution in [3.8, 4) is 5.75 Å². The molecule has 0 saturated heterocycles. The summed E-state index contributed by atoms with van der Waals surface area (Å²) in [6.45, 7) is 4.19. The number of nitrogens with zero attached hydrogens (tertiary/aromatic N) is 1. The van der Waals surface area contributed by atoms with Gasteiger partial charge < -0.3 is 19.9 Å². The van der Waals surface area contributed by atoms with Gasteiger partial charge in [-0.15, -0.1) is 0 Å². The number of carbonyl (C=O) groups is 1. The highest BCUT2D eigenvalue weighted by Crippen LogP contribution is 2.43. The number of nitrogens with one attached hydrogen (secondary N) is 2. The molecule has 162 valence electrons. The zero-order chi connectivity index (χ0) is 22.2. The minimum atomic E-state index is -0.354. The Hall–Kier alpha value is -2.99. The quantitative estimate of drug-likeness (QED) is 0.572. The lowest BCUT2D eigenvalue weighted by atomic mass is 9.83. The number of anilines is 1. The number of fused-ring (bicyclic) bond motifs is 2. The first-order chi connectivity index (χ1) is 14.9. The second-order valence-electron chi connectivity index (χ2n) is 8.00. The molecule has 0 radical (unpaired) electrons. The van der Waals surface area contributed by atoms with E-state index in [2.05, 4.69) is 24.5 Å². The third-order valence-electron chi connectivity index (χ3n) is 6.26. The third-order valence-corrected chi connectivity index (χ3v) is 6.50. The SMILES string of the molecule is CCC1(CC)C[C@@H](NC(=O)Nc2cccc3c2ccc(=O)n3C)c2ccc(Cl)cc2O1. The van der Waals surface area contributed by atoms with Crippen LogP contribution in [0.4, 0.5) is 10.5 Å². The molecule has 3 aromatic rings. The van der Waals surface area contributed by atoms with Gasteiger partial charge in [-0.1, -0.05) is 37.6 Å². The fourth-order valence-electron chi connectivity index (χ4n) is 4.28. The molecule has 7 heteroatoms. The van der Waals surface area contributed by atoms with E-state index >= 15 is 0 Å². The van der Waals surface area contributed by atoms with E-state index < -0.39 is 0 Å². The summed E-state index contributed by atoms with van der Waals surface area (Å²) in [7, 11) is 1.72. The van der Waals surface area contributed by atoms with Crippen molar-refractivity contribution in [2.24, 2.45) is 7.05 Å². The van der Waals surface area contributed by atoms with E-state index in [0.29, 0.717) is 22.9 Å². The van der Waals surface area contributed by atoms with Crippen LogP contribution in [-0.2, 0) is 7.05 Å². The number of amides is 2. The van der Waals surface area contributed by atoms with Crippen LogP contribution in [0.25, 0.3) is 10.9 Å². The number of pyridine rings is 1. The van der Waals surface area contributed by atoms with Crippen LogP contribution in [0.5, 0.6) is 5.75 Å². The van der Waals surface area contributed by atoms with Gasteiger partial charge in [0.1, 0.15) is 11.4 Å². The summed E-state index contributed by atoms with van der Waals surface area (Å²) in [5.41, 5.74) is 1.87. The summed E-state index contributed by atoms with van der Waals surface area (Å²) in [6.07, 6.45) is 2.32. The molecule has 31 heavy (non-hydrogen) atoms. The van der Waals surface area contributed by atoms with Crippen molar-refractivity contribution in [3.05, 3.63) is 69.5 Å². The van der Waals surface area contributed by atoms with Gasteiger partial charge in [0.25, 0.3) is 5.56 Å². The molecule has 0 bridgehead atoms. The molecule has 1 aliphatic rings. The number of urea groups is 1. The van der Waals surface area contributed by atoms with E-state index in [1.54, 1.807) is 17.7 Å². The minimum absolute atomic E-state index is 0.0953. The Balaban J connectivity index is 1.62. The number of hydrogen-bond donors (Lipinski definition) is 2. The number of carbonyl (C=O) groups excluding carboxylic acids is 1. The molecular formula is C24H26ClN3O3. The summed E-state index contributed by atoms with van der Waals surface area (Å²) >= 11 is 6.19. The Bertz CT molecular complexity index is 1200. The van der Waals surface area contributed by atoms with Crippen molar-refractivity contribution in [2.45, 2.75) is 44.8 Å². The van der Waals surface area contributed by atoms with Gasteiger partial charge >= 0.3 is 6.03 Å². The van der Waals surface area contributed by atoms with Gasteiger partial charge in [-0.05, 0) is 43.2 Å². The zero-order valence-electron chi connectivity index (χ0n) is 17.9. The maximum atomic E-state index is 13.0. The van der Waals surface area contributed by atoms with Crippen molar-refractivity contribution in [2.75, 3.05) is 5.32 Å². The van der Waals surface area contributed by atoms with Gasteiger partial charge in [-0.2, -0.15) is 0 Å². The monoisotopic (exact) mass is 439 g/mol. The van der Waals surface area contributed by atoms with E-state index in [1.807, 2.05) is 36.4 Å². The maximum absolute atomic E-state index is 13.0. The van der Waals surface area contributed by atoms with Gasteiger partial charge in [0.2, 0.25) is 0 Å². The van der Waals surface area contributed by atoms with Crippen LogP contribution < -0.4 is 20.9 Å². The lowest BCUT2D eigenvalue weighted by Gasteiger charge is -2.41. The molecule has 0 spiro atoms. The summed E-state index contributed by atoms with van der Waals surface area (Å²) < 4.78 is 7.89. The molecule has 2 N–H and O–H groups in total. The highest BCUT2D eigenvalue weighted by Gasteiger charge is 2.39. The molecule has 2 amide bonds. The minimum Gasteiger partial charge on any atom is -0.487 e. The first-order valence-corrected chi connectivity index (χ1v) is 10.9. The van der Waals surface area contributed by atoms with Gasteiger partial charge in [0.15, 0.2) is 0 Å². The molecule has 1 atom stereocenters. The topological polar surface area (TPSA) is 72.4 Å². The lowest BCUT2D eigenvalue weighted by molar-refractivity contribution is 0.0247. The summed E-state index contributed by atoms with van der Waals surface area (Å²) in [5, 5.41) is 7.47. The van der Waals surface area contributed by atoms with E-state index in [0.717, 1.165) is 29.3 Å². The number of aryl methyl sites for hydroxylation is 1. The van der Waals surface area contributed by atoms with E-state index in [9.17, 15) is 9.59 Å². The van der Waals surface area contributed by atoms with E-state index in [4.69, 9.17) is 16.3 Å². The highest BCUT2D eigenvalue weighted by atomic mass is 35.5. The van der Waals surface area contributed by atoms with Crippen LogP contribution in [0.1, 0.15) is 44.7 Å². The molecule has 4 rings (SSSR count). The standard InChI is InChI=1S/C24H26ClN3O3/c1-4-24(5-2)14-19(17-10-9-15(25)13-21(17)31-24)27-23(30)26-18-7-6-8-20-16(18)11-12-22(29)28(20)3/h6-13,19H,4-5,14H2,1-3H3,(H2,26,27,30)/t19-/m1/s1. The van der Waals surface area contributed by atoms with Gasteiger partial charge in [0, 0.05) is 35.5 Å². The summed E-state index contributed by atoms with van der Waals surface area (Å²) in [5.74, 6) is 0.716. The number of benzene rings is 2. The van der Waals surface area contributed by atoms with Gasteiger partial charge in [-0.25, -0.2) is 4.79 Å². The van der Waals surface area contributed by atoms with Crippen molar-refractivity contribution in [1.29, 1.82) is 0 Å². The van der Waals surface area contributed by atoms with E-state index in [1.165, 1.54) is 6.07 Å². The number of aromatic nitrogens is 1. The fourth-order valence-corrected chi connectivity index (χ4v) is 4.45. The normalized spacial score (nSPS) is 17.0. The van der Waals surface area contributed by atoms with Gasteiger partial charge in [0.05, 0.1) is 17.2 Å². The van der Waals surface area contributed by atoms with Crippen molar-refractivity contribution in [1.82, 2.24) is 9.88 Å². The second-order valence-corrected chi connectivity index (χ2v) is 8.43. The smallest absolute Gasteiger partial charge is 0.319 e. The molecule has 6 nitrogen and oxygen atoms in total. The molecule has 0 saturated carbocycles. The Labute approximate surface area is 186 Å². The van der Waals surface area contributed by atoms with Crippen molar-refractivity contribution in [3.63, 3.8) is 0 Å². The molecule has 0 aliphatic carbocycles.